The standard InChI is InChI=1S/C14H22N2O3/c1-5-16(10-14(2,3)18)13(17)15-11-8-6-7-9-12(11)19-4/h6-9,18H,5,10H2,1-4H3,(H,15,17). The predicted octanol–water partition coefficient (Wildman–Crippen LogP) is 2.32. The van der Waals surface area contributed by atoms with Crippen LogP contribution in [0, 0.1) is 0 Å². The highest BCUT2D eigenvalue weighted by Crippen LogP contribution is 2.23. The minimum absolute atomic E-state index is 0.255. The Balaban J connectivity index is 2.77. The summed E-state index contributed by atoms with van der Waals surface area (Å²) in [5, 5.41) is 12.6. The number of anilines is 1. The van der Waals surface area contributed by atoms with E-state index in [0.29, 0.717) is 18.0 Å². The third-order valence-corrected chi connectivity index (χ3v) is 2.60. The number of benzene rings is 1. The molecule has 0 unspecified atom stereocenters. The van der Waals surface area contributed by atoms with E-state index in [1.807, 2.05) is 19.1 Å². The lowest BCUT2D eigenvalue weighted by molar-refractivity contribution is 0.0501. The first-order valence-electron chi connectivity index (χ1n) is 6.28. The van der Waals surface area contributed by atoms with Crippen LogP contribution < -0.4 is 10.1 Å². The van der Waals surface area contributed by atoms with Crippen LogP contribution in [-0.2, 0) is 0 Å². The highest BCUT2D eigenvalue weighted by Gasteiger charge is 2.21. The minimum atomic E-state index is -0.922. The first-order valence-corrected chi connectivity index (χ1v) is 6.28. The lowest BCUT2D eigenvalue weighted by Crippen LogP contribution is -2.44. The summed E-state index contributed by atoms with van der Waals surface area (Å²) < 4.78 is 5.18. The molecule has 2 N–H and O–H groups in total. The Kier molecular flexibility index (Phi) is 5.18. The van der Waals surface area contributed by atoms with Crippen molar-refractivity contribution in [1.82, 2.24) is 4.90 Å². The van der Waals surface area contributed by atoms with Gasteiger partial charge >= 0.3 is 6.03 Å². The van der Waals surface area contributed by atoms with Crippen molar-refractivity contribution in [3.63, 3.8) is 0 Å². The fourth-order valence-corrected chi connectivity index (χ4v) is 1.74. The highest BCUT2D eigenvalue weighted by molar-refractivity contribution is 5.91. The number of carbonyl (C=O) groups excluding carboxylic acids is 1. The molecule has 0 atom stereocenters. The van der Waals surface area contributed by atoms with Gasteiger partial charge in [0.2, 0.25) is 0 Å². The van der Waals surface area contributed by atoms with Gasteiger partial charge in [-0.05, 0) is 32.9 Å². The first kappa shape index (κ1) is 15.3. The molecule has 0 aliphatic heterocycles. The zero-order valence-electron chi connectivity index (χ0n) is 11.9. The molecule has 19 heavy (non-hydrogen) atoms. The van der Waals surface area contributed by atoms with Crippen LogP contribution in [0.5, 0.6) is 5.75 Å². The summed E-state index contributed by atoms with van der Waals surface area (Å²) in [7, 11) is 1.55. The van der Waals surface area contributed by atoms with Gasteiger partial charge < -0.3 is 20.1 Å². The average Bonchev–Trinajstić information content (AvgIpc) is 2.35. The second-order valence-electron chi connectivity index (χ2n) is 4.96. The van der Waals surface area contributed by atoms with Gasteiger partial charge in [-0.15, -0.1) is 0 Å². The molecule has 2 amide bonds. The van der Waals surface area contributed by atoms with Gasteiger partial charge in [0.1, 0.15) is 5.75 Å². The number of likely N-dealkylation sites (N-methyl/N-ethyl adjacent to an activating group) is 1. The van der Waals surface area contributed by atoms with Crippen molar-refractivity contribution in [2.45, 2.75) is 26.4 Å². The number of para-hydroxylation sites is 2. The van der Waals surface area contributed by atoms with E-state index in [1.165, 1.54) is 0 Å². The fourth-order valence-electron chi connectivity index (χ4n) is 1.74. The molecule has 0 spiro atoms. The summed E-state index contributed by atoms with van der Waals surface area (Å²) in [5.74, 6) is 0.607. The Morgan fingerprint density at radius 1 is 1.42 bits per heavy atom. The number of carbonyl (C=O) groups is 1. The van der Waals surface area contributed by atoms with Crippen molar-refractivity contribution < 1.29 is 14.6 Å². The van der Waals surface area contributed by atoms with Gasteiger partial charge in [0, 0.05) is 6.54 Å². The number of hydrogen-bond donors (Lipinski definition) is 2. The molecule has 1 aromatic carbocycles. The molecule has 0 aliphatic rings. The van der Waals surface area contributed by atoms with E-state index in [0.717, 1.165) is 0 Å². The van der Waals surface area contributed by atoms with Crippen molar-refractivity contribution in [3.8, 4) is 5.75 Å². The smallest absolute Gasteiger partial charge is 0.322 e. The molecule has 0 saturated heterocycles. The molecule has 106 valence electrons. The van der Waals surface area contributed by atoms with Crippen LogP contribution in [0.25, 0.3) is 0 Å². The van der Waals surface area contributed by atoms with Crippen LogP contribution in [-0.4, -0.2) is 41.8 Å². The lowest BCUT2D eigenvalue weighted by atomic mass is 10.1. The van der Waals surface area contributed by atoms with E-state index in [2.05, 4.69) is 5.32 Å². The maximum atomic E-state index is 12.1. The molecule has 0 radical (unpaired) electrons. The van der Waals surface area contributed by atoms with Crippen molar-refractivity contribution in [3.05, 3.63) is 24.3 Å². The Hall–Kier alpha value is -1.75. The second kappa shape index (κ2) is 6.43. The number of methoxy groups -OCH3 is 1. The molecule has 5 nitrogen and oxygen atoms in total. The molecule has 0 saturated carbocycles. The van der Waals surface area contributed by atoms with Crippen LogP contribution in [0.1, 0.15) is 20.8 Å². The fraction of sp³-hybridized carbons (Fsp3) is 0.500. The van der Waals surface area contributed by atoms with Gasteiger partial charge in [-0.3, -0.25) is 0 Å². The van der Waals surface area contributed by atoms with Crippen LogP contribution in [0.2, 0.25) is 0 Å². The molecule has 0 aromatic heterocycles. The third kappa shape index (κ3) is 4.79. The Morgan fingerprint density at radius 2 is 2.05 bits per heavy atom. The van der Waals surface area contributed by atoms with E-state index < -0.39 is 5.60 Å². The monoisotopic (exact) mass is 266 g/mol. The van der Waals surface area contributed by atoms with Gasteiger partial charge in [0.05, 0.1) is 24.9 Å². The maximum absolute atomic E-state index is 12.1. The third-order valence-electron chi connectivity index (χ3n) is 2.60. The first-order chi connectivity index (χ1) is 8.87. The van der Waals surface area contributed by atoms with E-state index in [1.54, 1.807) is 38.0 Å². The lowest BCUT2D eigenvalue weighted by Gasteiger charge is -2.28. The predicted molar refractivity (Wildman–Crippen MR) is 75.6 cm³/mol. The van der Waals surface area contributed by atoms with E-state index >= 15 is 0 Å². The molecule has 5 heteroatoms. The summed E-state index contributed by atoms with van der Waals surface area (Å²) in [5.41, 5.74) is -0.307. The van der Waals surface area contributed by atoms with E-state index in [4.69, 9.17) is 4.74 Å². The quantitative estimate of drug-likeness (QED) is 0.859. The number of amides is 2. The van der Waals surface area contributed by atoms with E-state index in [9.17, 15) is 9.90 Å². The van der Waals surface area contributed by atoms with Crippen LogP contribution in [0.3, 0.4) is 0 Å². The van der Waals surface area contributed by atoms with Gasteiger partial charge in [-0.2, -0.15) is 0 Å². The number of aliphatic hydroxyl groups is 1. The van der Waals surface area contributed by atoms with Crippen LogP contribution in [0.15, 0.2) is 24.3 Å². The SMILES string of the molecule is CCN(CC(C)(C)O)C(=O)Nc1ccccc1OC. The number of hydrogen-bond acceptors (Lipinski definition) is 3. The van der Waals surface area contributed by atoms with Crippen molar-refractivity contribution in [1.29, 1.82) is 0 Å². The molecule has 1 aromatic rings. The molecular weight excluding hydrogens is 244 g/mol. The van der Waals surface area contributed by atoms with Crippen molar-refractivity contribution in [2.75, 3.05) is 25.5 Å². The summed E-state index contributed by atoms with van der Waals surface area (Å²) >= 11 is 0. The average molecular weight is 266 g/mol. The minimum Gasteiger partial charge on any atom is -0.495 e. The second-order valence-corrected chi connectivity index (χ2v) is 4.96. The number of ether oxygens (including phenoxy) is 1. The molecule has 1 rings (SSSR count). The van der Waals surface area contributed by atoms with E-state index in [-0.39, 0.29) is 12.6 Å². The number of nitrogens with zero attached hydrogens (tertiary/aromatic N) is 1. The maximum Gasteiger partial charge on any atom is 0.322 e. The molecular formula is C14H22N2O3. The van der Waals surface area contributed by atoms with Crippen molar-refractivity contribution in [2.24, 2.45) is 0 Å². The van der Waals surface area contributed by atoms with Gasteiger partial charge in [-0.1, -0.05) is 12.1 Å². The Bertz CT molecular complexity index is 427. The Morgan fingerprint density at radius 3 is 2.58 bits per heavy atom. The summed E-state index contributed by atoms with van der Waals surface area (Å²) in [6.45, 7) is 6.00. The van der Waals surface area contributed by atoms with Crippen molar-refractivity contribution >= 4 is 11.7 Å². The number of nitrogens with one attached hydrogen (secondary N) is 1. The largest absolute Gasteiger partial charge is 0.495 e. The highest BCUT2D eigenvalue weighted by atomic mass is 16.5. The topological polar surface area (TPSA) is 61.8 Å². The van der Waals surface area contributed by atoms with Gasteiger partial charge in [0.25, 0.3) is 0 Å². The van der Waals surface area contributed by atoms with Crippen LogP contribution in [0.4, 0.5) is 10.5 Å². The molecule has 0 heterocycles. The van der Waals surface area contributed by atoms with Gasteiger partial charge in [-0.25, -0.2) is 4.79 Å². The molecule has 0 fully saturated rings. The summed E-state index contributed by atoms with van der Waals surface area (Å²) in [6, 6.07) is 6.96. The zero-order valence-corrected chi connectivity index (χ0v) is 11.9. The number of rotatable bonds is 5. The normalized spacial score (nSPS) is 11.0. The summed E-state index contributed by atoms with van der Waals surface area (Å²) in [4.78, 5) is 13.7. The Labute approximate surface area is 114 Å². The molecule has 0 bridgehead atoms. The molecule has 0 aliphatic carbocycles. The van der Waals surface area contributed by atoms with Crippen LogP contribution >= 0.6 is 0 Å². The number of urea groups is 1. The van der Waals surface area contributed by atoms with Gasteiger partial charge in [0.15, 0.2) is 0 Å². The zero-order chi connectivity index (χ0) is 14.5. The summed E-state index contributed by atoms with van der Waals surface area (Å²) in [6.07, 6.45) is 0.